The van der Waals surface area contributed by atoms with E-state index in [-0.39, 0.29) is 29.2 Å². The first-order valence-corrected chi connectivity index (χ1v) is 11.8. The second-order valence-electron chi connectivity index (χ2n) is 10.3. The Hall–Kier alpha value is -2.61. The lowest BCUT2D eigenvalue weighted by Gasteiger charge is -2.32. The molecule has 8 nitrogen and oxygen atoms in total. The molecule has 0 bridgehead atoms. The number of nitrogens with one attached hydrogen (secondary N) is 1. The van der Waals surface area contributed by atoms with E-state index in [0.717, 1.165) is 24.4 Å². The molecule has 2 aliphatic rings. The van der Waals surface area contributed by atoms with Gasteiger partial charge < -0.3 is 24.8 Å². The van der Waals surface area contributed by atoms with Gasteiger partial charge in [0.15, 0.2) is 0 Å². The Morgan fingerprint density at radius 2 is 1.88 bits per heavy atom. The quantitative estimate of drug-likeness (QED) is 0.704. The third-order valence-electron chi connectivity index (χ3n) is 6.33. The third kappa shape index (κ3) is 6.47. The van der Waals surface area contributed by atoms with Crippen molar-refractivity contribution in [2.24, 2.45) is 5.41 Å². The molecule has 1 aromatic carbocycles. The van der Waals surface area contributed by atoms with E-state index in [1.54, 1.807) is 12.0 Å². The lowest BCUT2D eigenvalue weighted by Crippen LogP contribution is -2.53. The summed E-state index contributed by atoms with van der Waals surface area (Å²) in [4.78, 5) is 44.6. The molecule has 3 rings (SSSR count). The van der Waals surface area contributed by atoms with Crippen LogP contribution in [0.5, 0.6) is 5.75 Å². The van der Waals surface area contributed by atoms with Crippen molar-refractivity contribution in [2.75, 3.05) is 39.8 Å². The topological polar surface area (TPSA) is 82.2 Å². The van der Waals surface area contributed by atoms with E-state index in [4.69, 9.17) is 4.74 Å². The molecule has 0 saturated carbocycles. The van der Waals surface area contributed by atoms with E-state index in [2.05, 4.69) is 5.32 Å². The van der Waals surface area contributed by atoms with Gasteiger partial charge in [0.2, 0.25) is 17.7 Å². The maximum Gasteiger partial charge on any atom is 0.245 e. The number of piperazine rings is 1. The van der Waals surface area contributed by atoms with Gasteiger partial charge in [-0.15, -0.1) is 0 Å². The second kappa shape index (κ2) is 10.5. The molecule has 2 fully saturated rings. The lowest BCUT2D eigenvalue weighted by atomic mass is 9.91. The van der Waals surface area contributed by atoms with Gasteiger partial charge in [-0.1, -0.05) is 32.9 Å². The van der Waals surface area contributed by atoms with Crippen LogP contribution in [0.15, 0.2) is 24.3 Å². The fourth-order valence-corrected chi connectivity index (χ4v) is 4.66. The molecule has 182 valence electrons. The van der Waals surface area contributed by atoms with Crippen molar-refractivity contribution in [1.82, 2.24) is 20.0 Å². The van der Waals surface area contributed by atoms with Crippen molar-refractivity contribution in [1.29, 1.82) is 0 Å². The van der Waals surface area contributed by atoms with Gasteiger partial charge in [-0.25, -0.2) is 0 Å². The predicted octanol–water partition coefficient (Wildman–Crippen LogP) is 1.88. The van der Waals surface area contributed by atoms with Crippen molar-refractivity contribution in [3.63, 3.8) is 0 Å². The van der Waals surface area contributed by atoms with Gasteiger partial charge in [0.1, 0.15) is 11.8 Å². The Morgan fingerprint density at radius 3 is 2.48 bits per heavy atom. The highest BCUT2D eigenvalue weighted by Gasteiger charge is 2.43. The van der Waals surface area contributed by atoms with Crippen LogP contribution in [-0.4, -0.2) is 84.3 Å². The minimum absolute atomic E-state index is 0.0150. The molecule has 3 amide bonds. The molecule has 2 unspecified atom stereocenters. The summed E-state index contributed by atoms with van der Waals surface area (Å²) >= 11 is 0. The third-order valence-corrected chi connectivity index (χ3v) is 6.33. The molecule has 33 heavy (non-hydrogen) atoms. The Kier molecular flexibility index (Phi) is 8.00. The van der Waals surface area contributed by atoms with Crippen LogP contribution < -0.4 is 10.1 Å². The van der Waals surface area contributed by atoms with Crippen LogP contribution in [0.3, 0.4) is 0 Å². The fraction of sp³-hybridized carbons (Fsp3) is 0.640. The SMILES string of the molecule is COc1cccc(CN(C(=O)CC(C)(C)C)C2CC(C(=O)N3CCNCC3)N(C(C)=O)C2)c1. The van der Waals surface area contributed by atoms with Gasteiger partial charge >= 0.3 is 0 Å². The number of amides is 3. The normalized spacial score (nSPS) is 21.1. The molecule has 0 aromatic heterocycles. The number of likely N-dealkylation sites (tertiary alicyclic amines) is 1. The molecule has 0 aliphatic carbocycles. The first-order valence-electron chi connectivity index (χ1n) is 11.8. The number of carbonyl (C=O) groups excluding carboxylic acids is 3. The smallest absolute Gasteiger partial charge is 0.245 e. The van der Waals surface area contributed by atoms with E-state index >= 15 is 0 Å². The summed E-state index contributed by atoms with van der Waals surface area (Å²) in [5.41, 5.74) is 0.793. The molecule has 2 atom stereocenters. The predicted molar refractivity (Wildman–Crippen MR) is 127 cm³/mol. The fourth-order valence-electron chi connectivity index (χ4n) is 4.66. The highest BCUT2D eigenvalue weighted by molar-refractivity contribution is 5.88. The molecule has 1 aromatic rings. The molecule has 0 radical (unpaired) electrons. The van der Waals surface area contributed by atoms with Gasteiger partial charge in [-0.05, 0) is 29.5 Å². The number of methoxy groups -OCH3 is 1. The van der Waals surface area contributed by atoms with E-state index in [1.807, 2.05) is 54.8 Å². The van der Waals surface area contributed by atoms with E-state index in [0.29, 0.717) is 39.0 Å². The molecule has 0 spiro atoms. The van der Waals surface area contributed by atoms with Gasteiger partial charge in [0, 0.05) is 52.6 Å². The highest BCUT2D eigenvalue weighted by Crippen LogP contribution is 2.29. The minimum atomic E-state index is -0.527. The summed E-state index contributed by atoms with van der Waals surface area (Å²) < 4.78 is 5.36. The van der Waals surface area contributed by atoms with Crippen LogP contribution in [0.2, 0.25) is 0 Å². The van der Waals surface area contributed by atoms with Gasteiger partial charge in [-0.2, -0.15) is 0 Å². The van der Waals surface area contributed by atoms with Crippen LogP contribution in [0.1, 0.15) is 46.1 Å². The largest absolute Gasteiger partial charge is 0.497 e. The van der Waals surface area contributed by atoms with Crippen molar-refractivity contribution in [3.05, 3.63) is 29.8 Å². The molecular weight excluding hydrogens is 420 g/mol. The molecule has 2 aliphatic heterocycles. The van der Waals surface area contributed by atoms with Crippen LogP contribution in [-0.2, 0) is 20.9 Å². The van der Waals surface area contributed by atoms with Crippen LogP contribution in [0, 0.1) is 5.41 Å². The number of benzene rings is 1. The number of nitrogens with zero attached hydrogens (tertiary/aromatic N) is 3. The van der Waals surface area contributed by atoms with Crippen LogP contribution in [0.25, 0.3) is 0 Å². The zero-order valence-corrected chi connectivity index (χ0v) is 20.6. The average molecular weight is 459 g/mol. The summed E-state index contributed by atoms with van der Waals surface area (Å²) in [6, 6.07) is 6.94. The zero-order valence-electron chi connectivity index (χ0n) is 20.6. The maximum atomic E-state index is 13.4. The number of carbonyl (C=O) groups is 3. The summed E-state index contributed by atoms with van der Waals surface area (Å²) in [5, 5.41) is 3.26. The number of ether oxygens (including phenoxy) is 1. The van der Waals surface area contributed by atoms with Crippen LogP contribution in [0.4, 0.5) is 0 Å². The van der Waals surface area contributed by atoms with E-state index < -0.39 is 6.04 Å². The molecule has 1 N–H and O–H groups in total. The Balaban J connectivity index is 1.85. The summed E-state index contributed by atoms with van der Waals surface area (Å²) in [6.07, 6.45) is 0.853. The first kappa shape index (κ1) is 25.0. The van der Waals surface area contributed by atoms with E-state index in [9.17, 15) is 14.4 Å². The van der Waals surface area contributed by atoms with Crippen LogP contribution >= 0.6 is 0 Å². The first-order chi connectivity index (χ1) is 15.6. The molecule has 2 heterocycles. The monoisotopic (exact) mass is 458 g/mol. The van der Waals surface area contributed by atoms with Crippen molar-refractivity contribution < 1.29 is 19.1 Å². The lowest BCUT2D eigenvalue weighted by molar-refractivity contribution is -0.143. The highest BCUT2D eigenvalue weighted by atomic mass is 16.5. The van der Waals surface area contributed by atoms with Gasteiger partial charge in [0.05, 0.1) is 13.2 Å². The summed E-state index contributed by atoms with van der Waals surface area (Å²) in [7, 11) is 1.62. The van der Waals surface area contributed by atoms with Gasteiger partial charge in [0.25, 0.3) is 0 Å². The minimum Gasteiger partial charge on any atom is -0.497 e. The number of rotatable bonds is 6. The van der Waals surface area contributed by atoms with Crippen molar-refractivity contribution in [2.45, 2.75) is 59.2 Å². The Morgan fingerprint density at radius 1 is 1.18 bits per heavy atom. The number of hydrogen-bond donors (Lipinski definition) is 1. The molecule has 8 heteroatoms. The van der Waals surface area contributed by atoms with Crippen molar-refractivity contribution in [3.8, 4) is 5.75 Å². The summed E-state index contributed by atoms with van der Waals surface area (Å²) in [5.74, 6) is 0.628. The number of hydrogen-bond acceptors (Lipinski definition) is 5. The molecular formula is C25H38N4O4. The van der Waals surface area contributed by atoms with Crippen molar-refractivity contribution >= 4 is 17.7 Å². The maximum absolute atomic E-state index is 13.4. The summed E-state index contributed by atoms with van der Waals surface area (Å²) in [6.45, 7) is 11.2. The Labute approximate surface area is 197 Å². The van der Waals surface area contributed by atoms with E-state index in [1.165, 1.54) is 6.92 Å². The second-order valence-corrected chi connectivity index (χ2v) is 10.3. The zero-order chi connectivity index (χ0) is 24.2. The standard InChI is InChI=1S/C25H38N4O4/c1-18(30)28-17-20(14-22(28)24(32)27-11-9-26-10-12-27)29(23(31)15-25(2,3)4)16-19-7-6-8-21(13-19)33-5/h6-8,13,20,22,26H,9-12,14-17H2,1-5H3. The molecule has 2 saturated heterocycles. The Bertz CT molecular complexity index is 860. The van der Waals surface area contributed by atoms with Gasteiger partial charge in [-0.3, -0.25) is 14.4 Å². The average Bonchev–Trinajstić information content (AvgIpc) is 3.22.